The molecule has 16 heavy (non-hydrogen) atoms. The Kier molecular flexibility index (Phi) is 4.12. The maximum Gasteiger partial charge on any atom is 0.435 e. The van der Waals surface area contributed by atoms with Crippen molar-refractivity contribution in [3.05, 3.63) is 30.1 Å². The zero-order valence-corrected chi connectivity index (χ0v) is 9.01. The van der Waals surface area contributed by atoms with Gasteiger partial charge in [-0.1, -0.05) is 13.5 Å². The standard InChI is InChI=1S/C10H14F3N3/c1-3-14-6-8(2)7-16-5-4-9(15-16)10(11,12)13/h4-5,14H,2-3,6-7H2,1H3. The molecule has 0 radical (unpaired) electrons. The predicted octanol–water partition coefficient (Wildman–Crippen LogP) is 2.07. The third-order valence-electron chi connectivity index (χ3n) is 1.94. The Morgan fingerprint density at radius 3 is 2.75 bits per heavy atom. The minimum absolute atomic E-state index is 0.295. The van der Waals surface area contributed by atoms with Gasteiger partial charge in [0.05, 0.1) is 6.54 Å². The first-order valence-corrected chi connectivity index (χ1v) is 4.91. The van der Waals surface area contributed by atoms with E-state index in [4.69, 9.17) is 0 Å². The highest BCUT2D eigenvalue weighted by Crippen LogP contribution is 2.27. The second-order valence-electron chi connectivity index (χ2n) is 3.43. The molecule has 0 aliphatic carbocycles. The fourth-order valence-electron chi connectivity index (χ4n) is 1.19. The number of likely N-dealkylation sites (N-methyl/N-ethyl adjacent to an activating group) is 1. The molecule has 1 N–H and O–H groups in total. The predicted molar refractivity (Wildman–Crippen MR) is 54.9 cm³/mol. The van der Waals surface area contributed by atoms with Gasteiger partial charge in [0.1, 0.15) is 0 Å². The minimum Gasteiger partial charge on any atom is -0.313 e. The Morgan fingerprint density at radius 1 is 1.56 bits per heavy atom. The Morgan fingerprint density at radius 2 is 2.25 bits per heavy atom. The van der Waals surface area contributed by atoms with Gasteiger partial charge < -0.3 is 5.32 Å². The van der Waals surface area contributed by atoms with E-state index in [-0.39, 0.29) is 0 Å². The molecule has 1 aromatic heterocycles. The van der Waals surface area contributed by atoms with Crippen molar-refractivity contribution >= 4 is 0 Å². The number of alkyl halides is 3. The zero-order valence-electron chi connectivity index (χ0n) is 9.01. The van der Waals surface area contributed by atoms with E-state index in [1.165, 1.54) is 10.9 Å². The van der Waals surface area contributed by atoms with E-state index in [9.17, 15) is 13.2 Å². The molecule has 0 atom stereocenters. The summed E-state index contributed by atoms with van der Waals surface area (Å²) in [6.45, 7) is 7.38. The van der Waals surface area contributed by atoms with E-state index < -0.39 is 11.9 Å². The fraction of sp³-hybridized carbons (Fsp3) is 0.500. The van der Waals surface area contributed by atoms with Gasteiger partial charge in [-0.05, 0) is 18.2 Å². The molecule has 0 aromatic carbocycles. The summed E-state index contributed by atoms with van der Waals surface area (Å²) in [5.74, 6) is 0. The second-order valence-corrected chi connectivity index (χ2v) is 3.43. The van der Waals surface area contributed by atoms with Gasteiger partial charge in [-0.2, -0.15) is 18.3 Å². The smallest absolute Gasteiger partial charge is 0.313 e. The molecule has 1 rings (SSSR count). The van der Waals surface area contributed by atoms with Crippen LogP contribution in [0.4, 0.5) is 13.2 Å². The molecular weight excluding hydrogens is 219 g/mol. The average molecular weight is 233 g/mol. The van der Waals surface area contributed by atoms with Crippen LogP contribution in [0.3, 0.4) is 0 Å². The third kappa shape index (κ3) is 3.69. The molecule has 0 aliphatic heterocycles. The molecule has 90 valence electrons. The molecular formula is C10H14F3N3. The van der Waals surface area contributed by atoms with E-state index in [1.54, 1.807) is 0 Å². The van der Waals surface area contributed by atoms with Gasteiger partial charge >= 0.3 is 6.18 Å². The Balaban J connectivity index is 2.56. The van der Waals surface area contributed by atoms with E-state index in [1.807, 2.05) is 6.92 Å². The summed E-state index contributed by atoms with van der Waals surface area (Å²) in [5, 5.41) is 6.48. The number of rotatable bonds is 5. The lowest BCUT2D eigenvalue weighted by molar-refractivity contribution is -0.141. The van der Waals surface area contributed by atoms with Gasteiger partial charge in [0, 0.05) is 12.7 Å². The fourth-order valence-corrected chi connectivity index (χ4v) is 1.19. The summed E-state index contributed by atoms with van der Waals surface area (Å²) >= 11 is 0. The third-order valence-corrected chi connectivity index (χ3v) is 1.94. The summed E-state index contributed by atoms with van der Waals surface area (Å²) < 4.78 is 37.9. The summed E-state index contributed by atoms with van der Waals surface area (Å²) in [4.78, 5) is 0. The lowest BCUT2D eigenvalue weighted by Crippen LogP contribution is -2.18. The maximum absolute atomic E-state index is 12.2. The molecule has 3 nitrogen and oxygen atoms in total. The van der Waals surface area contributed by atoms with Crippen LogP contribution in [0.2, 0.25) is 0 Å². The van der Waals surface area contributed by atoms with Crippen molar-refractivity contribution in [3.8, 4) is 0 Å². The number of nitrogens with one attached hydrogen (secondary N) is 1. The van der Waals surface area contributed by atoms with Crippen molar-refractivity contribution in [2.75, 3.05) is 13.1 Å². The molecule has 0 amide bonds. The van der Waals surface area contributed by atoms with E-state index in [0.717, 1.165) is 18.2 Å². The Labute approximate surface area is 92.0 Å². The van der Waals surface area contributed by atoms with Crippen molar-refractivity contribution in [1.82, 2.24) is 15.1 Å². The van der Waals surface area contributed by atoms with Gasteiger partial charge in [-0.25, -0.2) is 0 Å². The normalized spacial score (nSPS) is 11.8. The largest absolute Gasteiger partial charge is 0.435 e. The number of hydrogen-bond acceptors (Lipinski definition) is 2. The van der Waals surface area contributed by atoms with Crippen LogP contribution in [0.5, 0.6) is 0 Å². The highest BCUT2D eigenvalue weighted by Gasteiger charge is 2.33. The topological polar surface area (TPSA) is 29.9 Å². The van der Waals surface area contributed by atoms with Crippen molar-refractivity contribution in [2.24, 2.45) is 0 Å². The van der Waals surface area contributed by atoms with Crippen molar-refractivity contribution in [1.29, 1.82) is 0 Å². The first-order valence-electron chi connectivity index (χ1n) is 4.91. The molecule has 0 spiro atoms. The molecule has 1 heterocycles. The van der Waals surface area contributed by atoms with Crippen LogP contribution in [-0.4, -0.2) is 22.9 Å². The van der Waals surface area contributed by atoms with Crippen LogP contribution in [-0.2, 0) is 12.7 Å². The highest BCUT2D eigenvalue weighted by molar-refractivity contribution is 5.05. The number of hydrogen-bond donors (Lipinski definition) is 1. The number of halogens is 3. The van der Waals surface area contributed by atoms with Gasteiger partial charge in [-0.15, -0.1) is 0 Å². The van der Waals surface area contributed by atoms with Crippen LogP contribution >= 0.6 is 0 Å². The van der Waals surface area contributed by atoms with Crippen LogP contribution < -0.4 is 5.32 Å². The van der Waals surface area contributed by atoms with Crippen LogP contribution in [0, 0.1) is 0 Å². The van der Waals surface area contributed by atoms with Crippen LogP contribution in [0.25, 0.3) is 0 Å². The SMILES string of the molecule is C=C(CNCC)Cn1ccc(C(F)(F)F)n1. The molecule has 1 aromatic rings. The lowest BCUT2D eigenvalue weighted by Gasteiger charge is -2.06. The highest BCUT2D eigenvalue weighted by atomic mass is 19.4. The lowest BCUT2D eigenvalue weighted by atomic mass is 10.3. The first-order chi connectivity index (χ1) is 7.43. The second kappa shape index (κ2) is 5.16. The van der Waals surface area contributed by atoms with Crippen LogP contribution in [0.1, 0.15) is 12.6 Å². The summed E-state index contributed by atoms with van der Waals surface area (Å²) in [6.07, 6.45) is -3.08. The van der Waals surface area contributed by atoms with Gasteiger partial charge in [-0.3, -0.25) is 4.68 Å². The Hall–Kier alpha value is -1.30. The van der Waals surface area contributed by atoms with Gasteiger partial charge in [0.15, 0.2) is 5.69 Å². The molecule has 0 fully saturated rings. The average Bonchev–Trinajstić information content (AvgIpc) is 2.62. The minimum atomic E-state index is -4.38. The number of aromatic nitrogens is 2. The van der Waals surface area contributed by atoms with Crippen molar-refractivity contribution in [3.63, 3.8) is 0 Å². The zero-order chi connectivity index (χ0) is 12.2. The van der Waals surface area contributed by atoms with E-state index in [2.05, 4.69) is 17.0 Å². The van der Waals surface area contributed by atoms with Gasteiger partial charge in [0.25, 0.3) is 0 Å². The molecule has 0 unspecified atom stereocenters. The molecule has 0 saturated heterocycles. The van der Waals surface area contributed by atoms with Crippen LogP contribution in [0.15, 0.2) is 24.4 Å². The summed E-state index contributed by atoms with van der Waals surface area (Å²) in [7, 11) is 0. The maximum atomic E-state index is 12.2. The van der Waals surface area contributed by atoms with Crippen molar-refractivity contribution < 1.29 is 13.2 Å². The monoisotopic (exact) mass is 233 g/mol. The van der Waals surface area contributed by atoms with E-state index >= 15 is 0 Å². The van der Waals surface area contributed by atoms with Gasteiger partial charge in [0.2, 0.25) is 0 Å². The Bertz CT molecular complexity index is 354. The molecule has 0 saturated carbocycles. The first kappa shape index (κ1) is 12.8. The van der Waals surface area contributed by atoms with E-state index in [0.29, 0.717) is 13.1 Å². The summed E-state index contributed by atoms with van der Waals surface area (Å²) in [6, 6.07) is 0.959. The molecule has 6 heteroatoms. The molecule has 0 aliphatic rings. The molecule has 0 bridgehead atoms. The van der Waals surface area contributed by atoms with Crippen molar-refractivity contribution in [2.45, 2.75) is 19.6 Å². The number of nitrogens with zero attached hydrogens (tertiary/aromatic N) is 2. The summed E-state index contributed by atoms with van der Waals surface area (Å²) in [5.41, 5.74) is -0.0811. The quantitative estimate of drug-likeness (QED) is 0.789.